The van der Waals surface area contributed by atoms with Crippen LogP contribution in [0.25, 0.3) is 6.08 Å². The zero-order chi connectivity index (χ0) is 18.8. The van der Waals surface area contributed by atoms with E-state index in [1.165, 1.54) is 11.0 Å². The molecule has 0 aromatic heterocycles. The van der Waals surface area contributed by atoms with Gasteiger partial charge in [-0.25, -0.2) is 4.79 Å². The van der Waals surface area contributed by atoms with Crippen LogP contribution in [0.15, 0.2) is 60.7 Å². The van der Waals surface area contributed by atoms with Crippen LogP contribution in [0.1, 0.15) is 17.5 Å². The van der Waals surface area contributed by atoms with Crippen LogP contribution in [-0.2, 0) is 14.3 Å². The fourth-order valence-electron chi connectivity index (χ4n) is 2.36. The molecule has 0 aliphatic heterocycles. The van der Waals surface area contributed by atoms with Gasteiger partial charge in [0.1, 0.15) is 0 Å². The summed E-state index contributed by atoms with van der Waals surface area (Å²) in [6.45, 7) is 1.81. The Hall–Kier alpha value is -3.39. The molecule has 0 N–H and O–H groups in total. The molecule has 5 heteroatoms. The van der Waals surface area contributed by atoms with Crippen molar-refractivity contribution in [3.63, 3.8) is 0 Å². The molecule has 132 valence electrons. The number of hydrogen-bond donors (Lipinski definition) is 0. The number of amides is 1. The monoisotopic (exact) mass is 348 g/mol. The second-order valence-electron chi connectivity index (χ2n) is 5.59. The third kappa shape index (κ3) is 5.60. The number of carbonyl (C=O) groups is 2. The van der Waals surface area contributed by atoms with E-state index in [0.29, 0.717) is 5.69 Å². The van der Waals surface area contributed by atoms with E-state index in [9.17, 15) is 9.59 Å². The lowest BCUT2D eigenvalue weighted by molar-refractivity contribution is -0.142. The molecule has 5 nitrogen and oxygen atoms in total. The van der Waals surface area contributed by atoms with E-state index < -0.39 is 5.97 Å². The van der Waals surface area contributed by atoms with Gasteiger partial charge >= 0.3 is 5.97 Å². The molecule has 0 saturated carbocycles. The molecule has 2 rings (SSSR count). The molecule has 0 aliphatic carbocycles. The molecule has 0 unspecified atom stereocenters. The number of rotatable bonds is 7. The van der Waals surface area contributed by atoms with Crippen LogP contribution in [0.4, 0.5) is 5.69 Å². The number of ether oxygens (including phenoxy) is 1. The van der Waals surface area contributed by atoms with Crippen LogP contribution >= 0.6 is 0 Å². The fourth-order valence-corrected chi connectivity index (χ4v) is 2.36. The first-order valence-corrected chi connectivity index (χ1v) is 8.24. The van der Waals surface area contributed by atoms with Gasteiger partial charge in [0.05, 0.1) is 12.5 Å². The van der Waals surface area contributed by atoms with E-state index in [1.807, 2.05) is 43.3 Å². The van der Waals surface area contributed by atoms with E-state index in [2.05, 4.69) is 0 Å². The van der Waals surface area contributed by atoms with Crippen molar-refractivity contribution in [3.8, 4) is 6.07 Å². The van der Waals surface area contributed by atoms with E-state index in [0.717, 1.165) is 11.1 Å². The second kappa shape index (κ2) is 9.80. The van der Waals surface area contributed by atoms with E-state index in [4.69, 9.17) is 10.00 Å². The first kappa shape index (κ1) is 18.9. The normalized spacial score (nSPS) is 10.3. The average Bonchev–Trinajstić information content (AvgIpc) is 2.67. The van der Waals surface area contributed by atoms with Gasteiger partial charge in [-0.1, -0.05) is 42.5 Å². The minimum atomic E-state index is -0.588. The number of anilines is 1. The molecule has 0 saturated heterocycles. The minimum absolute atomic E-state index is 0.196. The van der Waals surface area contributed by atoms with Gasteiger partial charge in [0.15, 0.2) is 6.61 Å². The number of benzene rings is 2. The quantitative estimate of drug-likeness (QED) is 0.567. The van der Waals surface area contributed by atoms with Gasteiger partial charge in [-0.3, -0.25) is 4.79 Å². The summed E-state index contributed by atoms with van der Waals surface area (Å²) in [4.78, 5) is 25.7. The van der Waals surface area contributed by atoms with Crippen LogP contribution in [-0.4, -0.2) is 25.0 Å². The Bertz CT molecular complexity index is 823. The molecule has 0 aliphatic rings. The molecular weight excluding hydrogens is 328 g/mol. The van der Waals surface area contributed by atoms with Gasteiger partial charge in [-0.2, -0.15) is 5.26 Å². The first-order chi connectivity index (χ1) is 12.6. The lowest BCUT2D eigenvalue weighted by Crippen LogP contribution is -2.35. The maximum Gasteiger partial charge on any atom is 0.331 e. The number of para-hydroxylation sites is 1. The molecule has 2 aromatic carbocycles. The number of aryl methyl sites for hydroxylation is 1. The van der Waals surface area contributed by atoms with Gasteiger partial charge in [-0.05, 0) is 36.3 Å². The smallest absolute Gasteiger partial charge is 0.331 e. The average molecular weight is 348 g/mol. The summed E-state index contributed by atoms with van der Waals surface area (Å²) < 4.78 is 5.05. The maximum absolute atomic E-state index is 12.4. The summed E-state index contributed by atoms with van der Waals surface area (Å²) in [6, 6.07) is 18.7. The topological polar surface area (TPSA) is 70.4 Å². The Morgan fingerprint density at radius 3 is 2.50 bits per heavy atom. The van der Waals surface area contributed by atoms with Gasteiger partial charge < -0.3 is 9.64 Å². The highest BCUT2D eigenvalue weighted by Gasteiger charge is 2.16. The summed E-state index contributed by atoms with van der Waals surface area (Å²) in [6.07, 6.45) is 3.16. The van der Waals surface area contributed by atoms with Crippen LogP contribution in [0, 0.1) is 18.3 Å². The van der Waals surface area contributed by atoms with Crippen molar-refractivity contribution in [2.24, 2.45) is 0 Å². The Morgan fingerprint density at radius 1 is 1.12 bits per heavy atom. The molecule has 0 fully saturated rings. The molecule has 2 aromatic rings. The highest BCUT2D eigenvalue weighted by atomic mass is 16.5. The lowest BCUT2D eigenvalue weighted by Gasteiger charge is -2.21. The summed E-state index contributed by atoms with van der Waals surface area (Å²) in [5.41, 5.74) is 2.62. The number of nitriles is 1. The van der Waals surface area contributed by atoms with Gasteiger partial charge in [0.2, 0.25) is 0 Å². The van der Waals surface area contributed by atoms with Crippen molar-refractivity contribution in [2.45, 2.75) is 13.3 Å². The molecule has 0 bridgehead atoms. The van der Waals surface area contributed by atoms with E-state index >= 15 is 0 Å². The summed E-state index contributed by atoms with van der Waals surface area (Å²) in [7, 11) is 0. The zero-order valence-corrected chi connectivity index (χ0v) is 14.6. The Kier molecular flexibility index (Phi) is 7.14. The van der Waals surface area contributed by atoms with Crippen LogP contribution in [0.5, 0.6) is 0 Å². The first-order valence-electron chi connectivity index (χ1n) is 8.24. The highest BCUT2D eigenvalue weighted by Crippen LogP contribution is 2.14. The number of hydrogen-bond acceptors (Lipinski definition) is 4. The van der Waals surface area contributed by atoms with Crippen molar-refractivity contribution >= 4 is 23.6 Å². The molecule has 1 amide bonds. The third-order valence-electron chi connectivity index (χ3n) is 3.74. The second-order valence-corrected chi connectivity index (χ2v) is 5.59. The number of esters is 1. The fraction of sp³-hybridized carbons (Fsp3) is 0.190. The molecule has 0 spiro atoms. The van der Waals surface area contributed by atoms with Crippen LogP contribution < -0.4 is 4.90 Å². The molecule has 0 heterocycles. The third-order valence-corrected chi connectivity index (χ3v) is 3.74. The van der Waals surface area contributed by atoms with Gasteiger partial charge in [0, 0.05) is 18.3 Å². The SMILES string of the molecule is Cc1ccccc1/C=C/C(=O)OCC(=O)N(CCC#N)c1ccccc1. The maximum atomic E-state index is 12.4. The minimum Gasteiger partial charge on any atom is -0.452 e. The summed E-state index contributed by atoms with van der Waals surface area (Å²) >= 11 is 0. The highest BCUT2D eigenvalue weighted by molar-refractivity contribution is 5.96. The molecule has 0 atom stereocenters. The molecule has 0 radical (unpaired) electrons. The standard InChI is InChI=1S/C21H20N2O3/c1-17-8-5-6-9-18(17)12-13-21(25)26-16-20(24)23(15-7-14-22)19-10-3-2-4-11-19/h2-6,8-13H,7,15-16H2,1H3/b13-12+. The van der Waals surface area contributed by atoms with Crippen LogP contribution in [0.3, 0.4) is 0 Å². The summed E-state index contributed by atoms with van der Waals surface area (Å²) in [5, 5.41) is 8.78. The number of nitrogens with zero attached hydrogens (tertiary/aromatic N) is 2. The van der Waals surface area contributed by atoms with Crippen LogP contribution in [0.2, 0.25) is 0 Å². The Morgan fingerprint density at radius 2 is 1.81 bits per heavy atom. The predicted molar refractivity (Wildman–Crippen MR) is 100 cm³/mol. The Labute approximate surface area is 153 Å². The zero-order valence-electron chi connectivity index (χ0n) is 14.6. The van der Waals surface area contributed by atoms with Crippen molar-refractivity contribution in [2.75, 3.05) is 18.1 Å². The van der Waals surface area contributed by atoms with Crippen molar-refractivity contribution in [1.82, 2.24) is 0 Å². The van der Waals surface area contributed by atoms with Gasteiger partial charge in [0.25, 0.3) is 5.91 Å². The Balaban J connectivity index is 1.95. The van der Waals surface area contributed by atoms with E-state index in [-0.39, 0.29) is 25.5 Å². The van der Waals surface area contributed by atoms with Crippen molar-refractivity contribution in [1.29, 1.82) is 5.26 Å². The van der Waals surface area contributed by atoms with Crippen molar-refractivity contribution < 1.29 is 14.3 Å². The summed E-state index contributed by atoms with van der Waals surface area (Å²) in [5.74, 6) is -0.959. The predicted octanol–water partition coefficient (Wildman–Crippen LogP) is 3.50. The largest absolute Gasteiger partial charge is 0.452 e. The van der Waals surface area contributed by atoms with E-state index in [1.54, 1.807) is 30.3 Å². The van der Waals surface area contributed by atoms with Crippen molar-refractivity contribution in [3.05, 3.63) is 71.8 Å². The molecule has 26 heavy (non-hydrogen) atoms. The molecular formula is C21H20N2O3. The number of carbonyl (C=O) groups excluding carboxylic acids is 2. The van der Waals surface area contributed by atoms with Gasteiger partial charge in [-0.15, -0.1) is 0 Å². The lowest BCUT2D eigenvalue weighted by atomic mass is 10.1.